The van der Waals surface area contributed by atoms with Gasteiger partial charge >= 0.3 is 0 Å². The number of aromatic nitrogens is 1. The lowest BCUT2D eigenvalue weighted by molar-refractivity contribution is 0.101. The molecule has 0 atom stereocenters. The van der Waals surface area contributed by atoms with Gasteiger partial charge in [0.2, 0.25) is 0 Å². The number of benzene rings is 1. The van der Waals surface area contributed by atoms with Crippen LogP contribution in [0.5, 0.6) is 0 Å². The standard InChI is InChI=1S/C17H14Cl3N3O/c18-13-1-2-15(14(10-13)11-3-6-21-7-4-11)23(20)17(24)12-5-8-22-16(19)9-12/h1-3,5,8-10,21H,4,6-7H2. The van der Waals surface area contributed by atoms with Crippen LogP contribution in [0.25, 0.3) is 5.57 Å². The predicted octanol–water partition coefficient (Wildman–Crippen LogP) is 4.57. The van der Waals surface area contributed by atoms with Crippen LogP contribution >= 0.6 is 35.0 Å². The lowest BCUT2D eigenvalue weighted by Gasteiger charge is -2.22. The van der Waals surface area contributed by atoms with Crippen LogP contribution in [-0.2, 0) is 0 Å². The Balaban J connectivity index is 1.99. The Morgan fingerprint density at radius 2 is 2.04 bits per heavy atom. The zero-order valence-electron chi connectivity index (χ0n) is 12.6. The molecule has 124 valence electrons. The van der Waals surface area contributed by atoms with E-state index >= 15 is 0 Å². The van der Waals surface area contributed by atoms with Crippen molar-refractivity contribution in [1.29, 1.82) is 0 Å². The number of pyridine rings is 1. The molecule has 0 unspecified atom stereocenters. The van der Waals surface area contributed by atoms with Crippen LogP contribution in [0.3, 0.4) is 0 Å². The molecule has 0 saturated carbocycles. The van der Waals surface area contributed by atoms with Crippen LogP contribution in [0.2, 0.25) is 10.2 Å². The minimum atomic E-state index is -0.376. The molecule has 1 aliphatic rings. The zero-order valence-corrected chi connectivity index (χ0v) is 14.9. The van der Waals surface area contributed by atoms with Gasteiger partial charge in [0.1, 0.15) is 5.15 Å². The van der Waals surface area contributed by atoms with Crippen molar-refractivity contribution in [2.75, 3.05) is 17.5 Å². The molecule has 0 radical (unpaired) electrons. The minimum Gasteiger partial charge on any atom is -0.313 e. The van der Waals surface area contributed by atoms with E-state index in [1.165, 1.54) is 12.3 Å². The number of rotatable bonds is 3. The highest BCUT2D eigenvalue weighted by Gasteiger charge is 2.21. The van der Waals surface area contributed by atoms with E-state index in [2.05, 4.69) is 16.4 Å². The molecule has 1 aromatic carbocycles. The molecule has 3 rings (SSSR count). The van der Waals surface area contributed by atoms with Gasteiger partial charge in [0.25, 0.3) is 5.91 Å². The van der Waals surface area contributed by atoms with Crippen molar-refractivity contribution in [2.24, 2.45) is 0 Å². The third-order valence-electron chi connectivity index (χ3n) is 3.73. The van der Waals surface area contributed by atoms with Crippen molar-refractivity contribution in [3.8, 4) is 0 Å². The first-order valence-electron chi connectivity index (χ1n) is 7.38. The number of hydrogen-bond acceptors (Lipinski definition) is 3. The fourth-order valence-corrected chi connectivity index (χ4v) is 3.15. The van der Waals surface area contributed by atoms with Gasteiger partial charge < -0.3 is 5.32 Å². The Kier molecular flexibility index (Phi) is 5.41. The SMILES string of the molecule is O=C(c1ccnc(Cl)c1)N(Cl)c1ccc(Cl)cc1C1=CCNCC1. The number of nitrogens with zero attached hydrogens (tertiary/aromatic N) is 2. The van der Waals surface area contributed by atoms with Crippen LogP contribution in [-0.4, -0.2) is 24.0 Å². The number of anilines is 1. The summed E-state index contributed by atoms with van der Waals surface area (Å²) < 4.78 is 1.10. The number of hydrogen-bond donors (Lipinski definition) is 1. The molecule has 0 bridgehead atoms. The molecule has 2 heterocycles. The fraction of sp³-hybridized carbons (Fsp3) is 0.176. The van der Waals surface area contributed by atoms with E-state index in [9.17, 15) is 4.79 Å². The minimum absolute atomic E-state index is 0.239. The van der Waals surface area contributed by atoms with Crippen molar-refractivity contribution in [3.05, 3.63) is 63.9 Å². The average molecular weight is 383 g/mol. The summed E-state index contributed by atoms with van der Waals surface area (Å²) in [5.74, 6) is -0.376. The lowest BCUT2D eigenvalue weighted by atomic mass is 9.98. The molecule has 0 aliphatic carbocycles. The largest absolute Gasteiger partial charge is 0.313 e. The Labute approximate surface area is 155 Å². The van der Waals surface area contributed by atoms with E-state index in [0.717, 1.165) is 35.1 Å². The first-order valence-corrected chi connectivity index (χ1v) is 8.47. The number of carbonyl (C=O) groups is 1. The van der Waals surface area contributed by atoms with Gasteiger partial charge in [0.15, 0.2) is 0 Å². The molecule has 24 heavy (non-hydrogen) atoms. The molecule has 1 aliphatic heterocycles. The van der Waals surface area contributed by atoms with E-state index in [1.54, 1.807) is 18.2 Å². The van der Waals surface area contributed by atoms with Gasteiger partial charge in [0, 0.05) is 40.7 Å². The molecule has 7 heteroatoms. The van der Waals surface area contributed by atoms with E-state index < -0.39 is 0 Å². The molecular formula is C17H14Cl3N3O. The second-order valence-corrected chi connectivity index (χ2v) is 6.46. The van der Waals surface area contributed by atoms with Gasteiger partial charge in [0.05, 0.1) is 5.69 Å². The van der Waals surface area contributed by atoms with Crippen LogP contribution in [0, 0.1) is 0 Å². The summed E-state index contributed by atoms with van der Waals surface area (Å²) in [5, 5.41) is 4.09. The lowest BCUT2D eigenvalue weighted by Crippen LogP contribution is -2.23. The van der Waals surface area contributed by atoms with Gasteiger partial charge in [-0.1, -0.05) is 29.3 Å². The molecule has 1 aromatic heterocycles. The highest BCUT2D eigenvalue weighted by atomic mass is 35.5. The maximum Gasteiger partial charge on any atom is 0.273 e. The zero-order chi connectivity index (χ0) is 17.1. The first kappa shape index (κ1) is 17.2. The van der Waals surface area contributed by atoms with Crippen molar-refractivity contribution in [2.45, 2.75) is 6.42 Å². The molecule has 2 aromatic rings. The number of carbonyl (C=O) groups excluding carboxylic acids is 1. The molecule has 0 saturated heterocycles. The fourth-order valence-electron chi connectivity index (χ4n) is 2.56. The summed E-state index contributed by atoms with van der Waals surface area (Å²) in [6.07, 6.45) is 4.39. The van der Waals surface area contributed by atoms with Crippen LogP contribution in [0.1, 0.15) is 22.3 Å². The van der Waals surface area contributed by atoms with Gasteiger partial charge in [-0.2, -0.15) is 0 Å². The van der Waals surface area contributed by atoms with Crippen molar-refractivity contribution < 1.29 is 4.79 Å². The molecule has 0 fully saturated rings. The Bertz CT molecular complexity index is 807. The highest BCUT2D eigenvalue weighted by Crippen LogP contribution is 2.34. The number of halogens is 3. The van der Waals surface area contributed by atoms with Crippen LogP contribution < -0.4 is 9.74 Å². The van der Waals surface area contributed by atoms with E-state index in [0.29, 0.717) is 16.3 Å². The number of amides is 1. The normalized spacial score (nSPS) is 14.2. The molecule has 0 spiro atoms. The van der Waals surface area contributed by atoms with Crippen LogP contribution in [0.15, 0.2) is 42.6 Å². The van der Waals surface area contributed by atoms with Gasteiger partial charge in [-0.3, -0.25) is 4.79 Å². The molecule has 1 N–H and O–H groups in total. The average Bonchev–Trinajstić information content (AvgIpc) is 2.61. The van der Waals surface area contributed by atoms with Gasteiger partial charge in [-0.25, -0.2) is 9.40 Å². The van der Waals surface area contributed by atoms with E-state index in [-0.39, 0.29) is 11.1 Å². The molecular weight excluding hydrogens is 369 g/mol. The maximum absolute atomic E-state index is 12.7. The second-order valence-electron chi connectivity index (χ2n) is 5.30. The predicted molar refractivity (Wildman–Crippen MR) is 98.8 cm³/mol. The Morgan fingerprint density at radius 1 is 1.21 bits per heavy atom. The van der Waals surface area contributed by atoms with E-state index in [1.807, 2.05) is 6.07 Å². The topological polar surface area (TPSA) is 45.2 Å². The quantitative estimate of drug-likeness (QED) is 0.625. The summed E-state index contributed by atoms with van der Waals surface area (Å²) >= 11 is 18.4. The summed E-state index contributed by atoms with van der Waals surface area (Å²) in [5.41, 5.74) is 2.92. The Morgan fingerprint density at radius 3 is 2.75 bits per heavy atom. The smallest absolute Gasteiger partial charge is 0.273 e. The monoisotopic (exact) mass is 381 g/mol. The van der Waals surface area contributed by atoms with Crippen LogP contribution in [0.4, 0.5) is 5.69 Å². The highest BCUT2D eigenvalue weighted by molar-refractivity contribution is 6.40. The molecule has 4 nitrogen and oxygen atoms in total. The third-order valence-corrected chi connectivity index (χ3v) is 4.51. The summed E-state index contributed by atoms with van der Waals surface area (Å²) in [4.78, 5) is 16.5. The first-order chi connectivity index (χ1) is 11.6. The number of nitrogens with one attached hydrogen (secondary N) is 1. The summed E-state index contributed by atoms with van der Waals surface area (Å²) in [6.45, 7) is 1.64. The maximum atomic E-state index is 12.7. The third kappa shape index (κ3) is 3.73. The van der Waals surface area contributed by atoms with Gasteiger partial charge in [-0.05, 0) is 48.9 Å². The van der Waals surface area contributed by atoms with Crippen molar-refractivity contribution in [3.63, 3.8) is 0 Å². The Hall–Kier alpha value is -1.59. The molecule has 1 amide bonds. The van der Waals surface area contributed by atoms with E-state index in [4.69, 9.17) is 35.0 Å². The second kappa shape index (κ2) is 7.53. The van der Waals surface area contributed by atoms with Crippen molar-refractivity contribution >= 4 is 52.1 Å². The van der Waals surface area contributed by atoms with Crippen molar-refractivity contribution in [1.82, 2.24) is 10.3 Å². The summed E-state index contributed by atoms with van der Waals surface area (Å²) in [6, 6.07) is 8.34. The van der Waals surface area contributed by atoms with Gasteiger partial charge in [-0.15, -0.1) is 0 Å². The summed E-state index contributed by atoms with van der Waals surface area (Å²) in [7, 11) is 0.